The van der Waals surface area contributed by atoms with Crippen molar-refractivity contribution in [3.05, 3.63) is 52.6 Å². The predicted molar refractivity (Wildman–Crippen MR) is 78.4 cm³/mol. The number of benzene rings is 2. The minimum absolute atomic E-state index is 0.529. The lowest BCUT2D eigenvalue weighted by Crippen LogP contribution is -2.00. The summed E-state index contributed by atoms with van der Waals surface area (Å²) in [6, 6.07) is 11.0. The van der Waals surface area contributed by atoms with E-state index in [1.54, 1.807) is 0 Å². The molecule has 0 fully saturated rings. The molecule has 0 spiro atoms. The van der Waals surface area contributed by atoms with Crippen LogP contribution in [0.2, 0.25) is 0 Å². The highest BCUT2D eigenvalue weighted by molar-refractivity contribution is 5.71. The van der Waals surface area contributed by atoms with Gasteiger partial charge in [0.2, 0.25) is 0 Å². The van der Waals surface area contributed by atoms with Crippen LogP contribution in [0.3, 0.4) is 0 Å². The molecule has 2 N–H and O–H groups in total. The van der Waals surface area contributed by atoms with Gasteiger partial charge in [0.1, 0.15) is 5.75 Å². The number of nitrogens with two attached hydrogens (primary N) is 1. The first-order valence-corrected chi connectivity index (χ1v) is 6.75. The average molecular weight is 253 g/mol. The first-order valence-electron chi connectivity index (χ1n) is 6.75. The highest BCUT2D eigenvalue weighted by atomic mass is 16.5. The number of aryl methyl sites for hydroxylation is 2. The molecule has 1 aliphatic rings. The van der Waals surface area contributed by atoms with Crippen molar-refractivity contribution in [1.82, 2.24) is 0 Å². The van der Waals surface area contributed by atoms with Crippen molar-refractivity contribution in [3.63, 3.8) is 0 Å². The molecule has 2 aromatic rings. The van der Waals surface area contributed by atoms with E-state index in [9.17, 15) is 0 Å². The van der Waals surface area contributed by atoms with Crippen molar-refractivity contribution in [3.8, 4) is 16.9 Å². The third-order valence-corrected chi connectivity index (χ3v) is 3.77. The number of hydrogen-bond acceptors (Lipinski definition) is 2. The second-order valence-electron chi connectivity index (χ2n) is 5.24. The molecule has 0 aliphatic carbocycles. The summed E-state index contributed by atoms with van der Waals surface area (Å²) < 4.78 is 5.68. The molecule has 0 bridgehead atoms. The Hall–Kier alpha value is -1.80. The van der Waals surface area contributed by atoms with E-state index in [2.05, 4.69) is 44.2 Å². The fourth-order valence-corrected chi connectivity index (χ4v) is 2.83. The van der Waals surface area contributed by atoms with Crippen LogP contribution >= 0.6 is 0 Å². The van der Waals surface area contributed by atoms with Crippen LogP contribution in [-0.4, -0.2) is 6.61 Å². The maximum Gasteiger partial charge on any atom is 0.127 e. The van der Waals surface area contributed by atoms with E-state index in [4.69, 9.17) is 10.5 Å². The highest BCUT2D eigenvalue weighted by Crippen LogP contribution is 2.35. The summed E-state index contributed by atoms with van der Waals surface area (Å²) in [5.74, 6) is 1.01. The number of ether oxygens (including phenoxy) is 1. The van der Waals surface area contributed by atoms with E-state index < -0.39 is 0 Å². The van der Waals surface area contributed by atoms with Crippen LogP contribution in [-0.2, 0) is 13.0 Å². The van der Waals surface area contributed by atoms with Crippen molar-refractivity contribution in [2.45, 2.75) is 26.8 Å². The fraction of sp³-hybridized carbons (Fsp3) is 0.294. The van der Waals surface area contributed by atoms with Crippen molar-refractivity contribution in [2.24, 2.45) is 5.73 Å². The minimum atomic E-state index is 0.529. The molecule has 1 aliphatic heterocycles. The summed E-state index contributed by atoms with van der Waals surface area (Å²) in [7, 11) is 0. The van der Waals surface area contributed by atoms with Gasteiger partial charge < -0.3 is 10.5 Å². The molecule has 0 amide bonds. The smallest absolute Gasteiger partial charge is 0.127 e. The van der Waals surface area contributed by atoms with E-state index in [1.807, 2.05) is 0 Å². The van der Waals surface area contributed by atoms with E-state index in [1.165, 1.54) is 27.8 Å². The van der Waals surface area contributed by atoms with E-state index >= 15 is 0 Å². The van der Waals surface area contributed by atoms with Gasteiger partial charge in [-0.3, -0.25) is 0 Å². The normalized spacial score (nSPS) is 13.2. The second kappa shape index (κ2) is 4.71. The molecule has 1 heterocycles. The molecule has 0 atom stereocenters. The molecular weight excluding hydrogens is 234 g/mol. The maximum atomic E-state index is 5.85. The third kappa shape index (κ3) is 2.13. The van der Waals surface area contributed by atoms with Gasteiger partial charge >= 0.3 is 0 Å². The summed E-state index contributed by atoms with van der Waals surface area (Å²) in [6.07, 6.45) is 0.987. The quantitative estimate of drug-likeness (QED) is 0.890. The van der Waals surface area contributed by atoms with Gasteiger partial charge in [0.15, 0.2) is 0 Å². The number of rotatable bonds is 2. The zero-order valence-corrected chi connectivity index (χ0v) is 11.5. The van der Waals surface area contributed by atoms with Gasteiger partial charge in [0, 0.05) is 18.5 Å². The van der Waals surface area contributed by atoms with Crippen molar-refractivity contribution in [2.75, 3.05) is 6.61 Å². The predicted octanol–water partition coefficient (Wildman–Crippen LogP) is 3.36. The standard InChI is InChI=1S/C17H19NO/c1-11-3-4-16(12(2)7-11)14-8-13-5-6-19-17(13)15(9-14)10-18/h3-4,7-9H,5-6,10,18H2,1-2H3. The van der Waals surface area contributed by atoms with Crippen LogP contribution in [0.25, 0.3) is 11.1 Å². The molecule has 2 nitrogen and oxygen atoms in total. The zero-order chi connectivity index (χ0) is 13.4. The summed E-state index contributed by atoms with van der Waals surface area (Å²) >= 11 is 0. The summed E-state index contributed by atoms with van der Waals surface area (Å²) in [4.78, 5) is 0. The molecule has 3 rings (SSSR count). The van der Waals surface area contributed by atoms with E-state index in [0.29, 0.717) is 6.54 Å². The highest BCUT2D eigenvalue weighted by Gasteiger charge is 2.18. The molecular formula is C17H19NO. The molecule has 19 heavy (non-hydrogen) atoms. The zero-order valence-electron chi connectivity index (χ0n) is 11.5. The Morgan fingerprint density at radius 3 is 2.74 bits per heavy atom. The Kier molecular flexibility index (Phi) is 3.03. The lowest BCUT2D eigenvalue weighted by Gasteiger charge is -2.12. The topological polar surface area (TPSA) is 35.2 Å². The van der Waals surface area contributed by atoms with Gasteiger partial charge in [-0.1, -0.05) is 23.8 Å². The SMILES string of the molecule is Cc1ccc(-c2cc(CN)c3c(c2)CCO3)c(C)c1. The van der Waals surface area contributed by atoms with Crippen LogP contribution in [0.1, 0.15) is 22.3 Å². The van der Waals surface area contributed by atoms with Crippen molar-refractivity contribution in [1.29, 1.82) is 0 Å². The Labute approximate surface area is 114 Å². The molecule has 0 aromatic heterocycles. The van der Waals surface area contributed by atoms with Crippen LogP contribution in [0.15, 0.2) is 30.3 Å². The van der Waals surface area contributed by atoms with Gasteiger partial charge in [0.05, 0.1) is 6.61 Å². The van der Waals surface area contributed by atoms with Gasteiger partial charge in [-0.2, -0.15) is 0 Å². The largest absolute Gasteiger partial charge is 0.493 e. The monoisotopic (exact) mass is 253 g/mol. The molecule has 0 unspecified atom stereocenters. The van der Waals surface area contributed by atoms with Crippen LogP contribution < -0.4 is 10.5 Å². The van der Waals surface area contributed by atoms with Crippen molar-refractivity contribution < 1.29 is 4.74 Å². The first kappa shape index (κ1) is 12.2. The molecule has 0 radical (unpaired) electrons. The Balaban J connectivity index is 2.15. The Bertz CT molecular complexity index is 631. The van der Waals surface area contributed by atoms with Gasteiger partial charge in [-0.15, -0.1) is 0 Å². The third-order valence-electron chi connectivity index (χ3n) is 3.77. The average Bonchev–Trinajstić information content (AvgIpc) is 2.85. The van der Waals surface area contributed by atoms with Gasteiger partial charge in [0.25, 0.3) is 0 Å². The van der Waals surface area contributed by atoms with Crippen LogP contribution in [0.5, 0.6) is 5.75 Å². The van der Waals surface area contributed by atoms with Crippen LogP contribution in [0.4, 0.5) is 0 Å². The minimum Gasteiger partial charge on any atom is -0.493 e. The molecule has 2 heteroatoms. The lowest BCUT2D eigenvalue weighted by molar-refractivity contribution is 0.353. The molecule has 2 aromatic carbocycles. The molecule has 98 valence electrons. The number of hydrogen-bond donors (Lipinski definition) is 1. The summed E-state index contributed by atoms with van der Waals surface area (Å²) in [5.41, 5.74) is 13.4. The Morgan fingerprint density at radius 1 is 1.16 bits per heavy atom. The van der Waals surface area contributed by atoms with Gasteiger partial charge in [-0.25, -0.2) is 0 Å². The fourth-order valence-electron chi connectivity index (χ4n) is 2.83. The second-order valence-corrected chi connectivity index (χ2v) is 5.24. The van der Waals surface area contributed by atoms with Crippen LogP contribution in [0, 0.1) is 13.8 Å². The van der Waals surface area contributed by atoms with Crippen molar-refractivity contribution >= 4 is 0 Å². The van der Waals surface area contributed by atoms with Gasteiger partial charge in [-0.05, 0) is 48.2 Å². The summed E-state index contributed by atoms with van der Waals surface area (Å²) in [6.45, 7) is 5.59. The first-order chi connectivity index (χ1) is 9.19. The van der Waals surface area contributed by atoms with E-state index in [-0.39, 0.29) is 0 Å². The molecule has 0 saturated heterocycles. The number of fused-ring (bicyclic) bond motifs is 1. The maximum absolute atomic E-state index is 5.85. The lowest BCUT2D eigenvalue weighted by atomic mass is 9.94. The Morgan fingerprint density at radius 2 is 2.00 bits per heavy atom. The molecule has 0 saturated carbocycles. The van der Waals surface area contributed by atoms with E-state index in [0.717, 1.165) is 24.3 Å². The summed E-state index contributed by atoms with van der Waals surface area (Å²) in [5, 5.41) is 0.